The molecule has 0 aliphatic heterocycles. The molecule has 0 radical (unpaired) electrons. The molecular weight excluding hydrogens is 133 g/mol. The quantitative estimate of drug-likeness (QED) is 0.592. The molecule has 0 spiro atoms. The largest absolute Gasteiger partial charge is 0.494 e. The van der Waals surface area contributed by atoms with Gasteiger partial charge in [0.25, 0.3) is 0 Å². The summed E-state index contributed by atoms with van der Waals surface area (Å²) in [5.41, 5.74) is 1.13. The molecule has 9 heavy (non-hydrogen) atoms. The molecule has 1 rings (SSSR count). The van der Waals surface area contributed by atoms with E-state index in [1.165, 1.54) is 0 Å². The molecular formula is C6H9NOP+. The smallest absolute Gasteiger partial charge is 0.182 e. The van der Waals surface area contributed by atoms with Gasteiger partial charge >= 0.3 is 7.57 Å². The van der Waals surface area contributed by atoms with E-state index in [0.717, 1.165) is 10.9 Å². The van der Waals surface area contributed by atoms with Gasteiger partial charge < -0.3 is 0 Å². The lowest BCUT2D eigenvalue weighted by molar-refractivity contribution is 0.596. The molecule has 0 aliphatic rings. The van der Waals surface area contributed by atoms with E-state index in [2.05, 4.69) is 4.75 Å². The van der Waals surface area contributed by atoms with Crippen LogP contribution in [0.1, 0.15) is 10.9 Å². The normalized spacial score (nSPS) is 11.6. The van der Waals surface area contributed by atoms with Crippen molar-refractivity contribution in [2.75, 3.05) is 0 Å². The van der Waals surface area contributed by atoms with Crippen LogP contribution in [0.15, 0.2) is 12.3 Å². The second-order valence-electron chi connectivity index (χ2n) is 2.10. The number of hydrogen-bond acceptors (Lipinski definition) is 1. The fourth-order valence-corrected chi connectivity index (χ4v) is 1.54. The Kier molecular flexibility index (Phi) is 1.68. The lowest BCUT2D eigenvalue weighted by Gasteiger charge is -1.82. The monoisotopic (exact) mass is 142 g/mol. The third kappa shape index (κ3) is 1.39. The maximum Gasteiger partial charge on any atom is 0.494 e. The molecule has 0 saturated carbocycles. The topological polar surface area (TPSA) is 32.9 Å². The van der Waals surface area contributed by atoms with Gasteiger partial charge in [0, 0.05) is 13.1 Å². The van der Waals surface area contributed by atoms with Crippen LogP contribution in [-0.2, 0) is 4.57 Å². The fraction of sp³-hybridized carbons (Fsp3) is 0.333. The van der Waals surface area contributed by atoms with Gasteiger partial charge in [-0.25, -0.2) is 0 Å². The summed E-state index contributed by atoms with van der Waals surface area (Å²) in [6, 6.07) is 1.93. The highest BCUT2D eigenvalue weighted by Crippen LogP contribution is 2.15. The summed E-state index contributed by atoms with van der Waals surface area (Å²) in [4.78, 5) is 0. The first-order valence-electron chi connectivity index (χ1n) is 2.78. The molecule has 1 aromatic rings. The van der Waals surface area contributed by atoms with Crippen molar-refractivity contribution in [3.05, 3.63) is 23.1 Å². The molecule has 0 aromatic carbocycles. The van der Waals surface area contributed by atoms with Crippen LogP contribution in [0.4, 0.5) is 0 Å². The molecule has 0 amide bonds. The fourth-order valence-electron chi connectivity index (χ4n) is 0.692. The van der Waals surface area contributed by atoms with Gasteiger partial charge in [0.1, 0.15) is 0 Å². The van der Waals surface area contributed by atoms with Crippen LogP contribution in [-0.4, -0.2) is 4.75 Å². The number of aromatic amines is 1. The number of H-pyrrole nitrogens is 1. The molecule has 1 heterocycles. The second kappa shape index (κ2) is 2.32. The minimum atomic E-state index is -1.29. The SMILES string of the molecule is Cc1c[nH][p+](=O)c(C)c1. The Hall–Kier alpha value is -0.620. The van der Waals surface area contributed by atoms with Gasteiger partial charge in [0.2, 0.25) is 0 Å². The van der Waals surface area contributed by atoms with Crippen molar-refractivity contribution < 1.29 is 4.57 Å². The minimum absolute atomic E-state index is 0.921. The standard InChI is InChI=1S/C6H9NOP/c1-5-3-6(2)9(8)7-4-5/h3-4H,1-2H3,(H,7,8)/q+1. The number of rotatable bonds is 0. The zero-order chi connectivity index (χ0) is 6.85. The van der Waals surface area contributed by atoms with E-state index in [1.54, 1.807) is 6.20 Å². The average Bonchev–Trinajstić information content (AvgIpc) is 1.80. The van der Waals surface area contributed by atoms with Crippen LogP contribution >= 0.6 is 7.57 Å². The van der Waals surface area contributed by atoms with E-state index in [0.29, 0.717) is 0 Å². The maximum absolute atomic E-state index is 10.9. The zero-order valence-electron chi connectivity index (χ0n) is 5.51. The van der Waals surface area contributed by atoms with E-state index < -0.39 is 7.57 Å². The van der Waals surface area contributed by atoms with Crippen molar-refractivity contribution in [1.82, 2.24) is 4.75 Å². The summed E-state index contributed by atoms with van der Waals surface area (Å²) in [6.45, 7) is 3.83. The minimum Gasteiger partial charge on any atom is -0.182 e. The van der Waals surface area contributed by atoms with Crippen LogP contribution in [0, 0.1) is 13.8 Å². The number of aryl methyl sites for hydroxylation is 2. The molecule has 1 unspecified atom stereocenters. The van der Waals surface area contributed by atoms with Crippen LogP contribution in [0.25, 0.3) is 0 Å². The third-order valence-electron chi connectivity index (χ3n) is 1.17. The van der Waals surface area contributed by atoms with Gasteiger partial charge in [0.05, 0.1) is 0 Å². The van der Waals surface area contributed by atoms with E-state index in [4.69, 9.17) is 0 Å². The van der Waals surface area contributed by atoms with Crippen molar-refractivity contribution in [1.29, 1.82) is 0 Å². The Bertz CT molecular complexity index is 266. The van der Waals surface area contributed by atoms with Crippen LogP contribution in [0.5, 0.6) is 0 Å². The van der Waals surface area contributed by atoms with Crippen molar-refractivity contribution in [2.24, 2.45) is 0 Å². The zero-order valence-corrected chi connectivity index (χ0v) is 6.40. The number of nitrogens with one attached hydrogen (secondary N) is 1. The summed E-state index contributed by atoms with van der Waals surface area (Å²) in [6.07, 6.45) is 1.77. The van der Waals surface area contributed by atoms with Gasteiger partial charge in [-0.1, -0.05) is 0 Å². The Labute approximate surface area is 54.7 Å². The maximum atomic E-state index is 10.9. The summed E-state index contributed by atoms with van der Waals surface area (Å²) in [5, 5.41) is 0.921. The lowest BCUT2D eigenvalue weighted by Crippen LogP contribution is -1.73. The molecule has 1 atom stereocenters. The first-order valence-corrected chi connectivity index (χ1v) is 4.04. The highest BCUT2D eigenvalue weighted by Gasteiger charge is 2.02. The Morgan fingerprint density at radius 3 is 2.67 bits per heavy atom. The first kappa shape index (κ1) is 6.50. The Morgan fingerprint density at radius 1 is 1.56 bits per heavy atom. The molecule has 2 nitrogen and oxygen atoms in total. The third-order valence-corrected chi connectivity index (χ3v) is 2.30. The van der Waals surface area contributed by atoms with Gasteiger partial charge in [0.15, 0.2) is 5.30 Å². The predicted octanol–water partition coefficient (Wildman–Crippen LogP) is 2.37. The highest BCUT2D eigenvalue weighted by molar-refractivity contribution is 7.33. The molecule has 3 heteroatoms. The van der Waals surface area contributed by atoms with Crippen LogP contribution in [0.3, 0.4) is 0 Å². The molecule has 0 bridgehead atoms. The lowest BCUT2D eigenvalue weighted by atomic mass is 10.3. The Morgan fingerprint density at radius 2 is 2.22 bits per heavy atom. The summed E-state index contributed by atoms with van der Waals surface area (Å²) in [5.74, 6) is 0. The van der Waals surface area contributed by atoms with Crippen molar-refractivity contribution in [3.8, 4) is 0 Å². The van der Waals surface area contributed by atoms with E-state index in [1.807, 2.05) is 19.9 Å². The number of hydrogen-bond donors (Lipinski definition) is 1. The van der Waals surface area contributed by atoms with Gasteiger partial charge in [-0.05, 0) is 23.1 Å². The molecule has 1 N–H and O–H groups in total. The molecule has 0 aliphatic carbocycles. The van der Waals surface area contributed by atoms with Gasteiger partial charge in [-0.15, -0.1) is 0 Å². The highest BCUT2D eigenvalue weighted by atomic mass is 31.1. The van der Waals surface area contributed by atoms with Crippen molar-refractivity contribution >= 4 is 7.57 Å². The number of aromatic nitrogens is 1. The summed E-state index contributed by atoms with van der Waals surface area (Å²) >= 11 is 0. The van der Waals surface area contributed by atoms with E-state index >= 15 is 0 Å². The molecule has 0 saturated heterocycles. The average molecular weight is 142 g/mol. The van der Waals surface area contributed by atoms with E-state index in [-0.39, 0.29) is 0 Å². The molecule has 0 fully saturated rings. The van der Waals surface area contributed by atoms with Crippen molar-refractivity contribution in [2.45, 2.75) is 13.8 Å². The predicted molar refractivity (Wildman–Crippen MR) is 37.9 cm³/mol. The van der Waals surface area contributed by atoms with Crippen LogP contribution < -0.4 is 0 Å². The summed E-state index contributed by atoms with van der Waals surface area (Å²) in [7, 11) is -1.29. The molecule has 1 aromatic heterocycles. The second-order valence-corrected chi connectivity index (χ2v) is 3.65. The summed E-state index contributed by atoms with van der Waals surface area (Å²) < 4.78 is 13.6. The Balaban J connectivity index is 3.34. The van der Waals surface area contributed by atoms with E-state index in [9.17, 15) is 4.57 Å². The first-order chi connectivity index (χ1) is 4.20. The van der Waals surface area contributed by atoms with Gasteiger partial charge in [-0.3, -0.25) is 0 Å². The van der Waals surface area contributed by atoms with Crippen LogP contribution in [0.2, 0.25) is 0 Å². The van der Waals surface area contributed by atoms with Crippen molar-refractivity contribution in [3.63, 3.8) is 0 Å². The molecule has 48 valence electrons. The van der Waals surface area contributed by atoms with Gasteiger partial charge in [-0.2, -0.15) is 4.75 Å².